The van der Waals surface area contributed by atoms with Gasteiger partial charge in [-0.3, -0.25) is 0 Å². The summed E-state index contributed by atoms with van der Waals surface area (Å²) in [6.45, 7) is 2.07. The van der Waals surface area contributed by atoms with Crippen LogP contribution in [-0.2, 0) is 0 Å². The number of hydrogen-bond acceptors (Lipinski definition) is 4. The second-order valence-electron chi connectivity index (χ2n) is 3.32. The number of benzene rings is 1. The highest BCUT2D eigenvalue weighted by molar-refractivity contribution is 5.53. The van der Waals surface area contributed by atoms with Gasteiger partial charge in [-0.15, -0.1) is 0 Å². The second kappa shape index (κ2) is 3.48. The highest BCUT2D eigenvalue weighted by Crippen LogP contribution is 2.39. The van der Waals surface area contributed by atoms with E-state index in [2.05, 4.69) is 0 Å². The fourth-order valence-electron chi connectivity index (χ4n) is 1.64. The van der Waals surface area contributed by atoms with Gasteiger partial charge in [0.1, 0.15) is 0 Å². The maximum atomic E-state index is 9.02. The van der Waals surface area contributed by atoms with Gasteiger partial charge in [0.05, 0.1) is 12.6 Å². The standard InChI is InChI=1S/C10H13NO3/c1-6-2-3-8-10(14-5-13-8)9(6)7(11)4-12/h2-3,7,12H,4-5,11H2,1H3. The van der Waals surface area contributed by atoms with Crippen LogP contribution in [0.5, 0.6) is 11.5 Å². The van der Waals surface area contributed by atoms with Crippen LogP contribution in [0, 0.1) is 6.92 Å². The number of aliphatic hydroxyl groups excluding tert-OH is 1. The molecule has 1 aromatic carbocycles. The summed E-state index contributed by atoms with van der Waals surface area (Å²) >= 11 is 0. The molecule has 1 heterocycles. The number of fused-ring (bicyclic) bond motifs is 1. The van der Waals surface area contributed by atoms with Gasteiger partial charge in [-0.1, -0.05) is 6.07 Å². The summed E-state index contributed by atoms with van der Waals surface area (Å²) in [4.78, 5) is 0. The first-order chi connectivity index (χ1) is 6.74. The van der Waals surface area contributed by atoms with Crippen LogP contribution in [0.4, 0.5) is 0 Å². The van der Waals surface area contributed by atoms with E-state index in [1.807, 2.05) is 19.1 Å². The fraction of sp³-hybridized carbons (Fsp3) is 0.400. The van der Waals surface area contributed by atoms with Crippen LogP contribution in [0.25, 0.3) is 0 Å². The average Bonchev–Trinajstić information content (AvgIpc) is 2.64. The van der Waals surface area contributed by atoms with E-state index < -0.39 is 6.04 Å². The SMILES string of the molecule is Cc1ccc2c(c1C(N)CO)OCO2. The summed E-state index contributed by atoms with van der Waals surface area (Å²) in [5.74, 6) is 1.38. The molecule has 0 amide bonds. The topological polar surface area (TPSA) is 64.7 Å². The summed E-state index contributed by atoms with van der Waals surface area (Å²) in [6, 6.07) is 3.36. The minimum Gasteiger partial charge on any atom is -0.454 e. The molecular weight excluding hydrogens is 182 g/mol. The molecule has 1 aromatic rings. The van der Waals surface area contributed by atoms with Crippen LogP contribution < -0.4 is 15.2 Å². The van der Waals surface area contributed by atoms with Crippen LogP contribution in [0.1, 0.15) is 17.2 Å². The van der Waals surface area contributed by atoms with E-state index in [1.165, 1.54) is 0 Å². The Morgan fingerprint density at radius 1 is 1.50 bits per heavy atom. The molecule has 76 valence electrons. The molecule has 1 atom stereocenters. The largest absolute Gasteiger partial charge is 0.454 e. The van der Waals surface area contributed by atoms with Crippen molar-refractivity contribution in [3.8, 4) is 11.5 Å². The molecule has 1 unspecified atom stereocenters. The smallest absolute Gasteiger partial charge is 0.231 e. The molecule has 0 saturated carbocycles. The zero-order chi connectivity index (χ0) is 10.1. The Morgan fingerprint density at radius 2 is 2.29 bits per heavy atom. The fourth-order valence-corrected chi connectivity index (χ4v) is 1.64. The van der Waals surface area contributed by atoms with Gasteiger partial charge in [-0.2, -0.15) is 0 Å². The van der Waals surface area contributed by atoms with Gasteiger partial charge < -0.3 is 20.3 Å². The maximum Gasteiger partial charge on any atom is 0.231 e. The Kier molecular flexibility index (Phi) is 2.31. The Hall–Kier alpha value is -1.26. The van der Waals surface area contributed by atoms with Gasteiger partial charge in [0.25, 0.3) is 0 Å². The maximum absolute atomic E-state index is 9.02. The van der Waals surface area contributed by atoms with Crippen molar-refractivity contribution in [2.75, 3.05) is 13.4 Å². The van der Waals surface area contributed by atoms with E-state index in [4.69, 9.17) is 20.3 Å². The Morgan fingerprint density at radius 3 is 3.00 bits per heavy atom. The first kappa shape index (κ1) is 9.30. The molecule has 2 rings (SSSR count). The molecule has 4 heteroatoms. The van der Waals surface area contributed by atoms with Crippen molar-refractivity contribution in [1.82, 2.24) is 0 Å². The van der Waals surface area contributed by atoms with Crippen molar-refractivity contribution in [2.45, 2.75) is 13.0 Å². The van der Waals surface area contributed by atoms with Crippen molar-refractivity contribution in [3.05, 3.63) is 23.3 Å². The summed E-state index contributed by atoms with van der Waals surface area (Å²) in [5, 5.41) is 9.02. The minimum absolute atomic E-state index is 0.0966. The Balaban J connectivity index is 2.51. The second-order valence-corrected chi connectivity index (χ2v) is 3.32. The van der Waals surface area contributed by atoms with Crippen LogP contribution in [0.2, 0.25) is 0 Å². The quantitative estimate of drug-likeness (QED) is 0.729. The first-order valence-electron chi connectivity index (χ1n) is 4.49. The van der Waals surface area contributed by atoms with Gasteiger partial charge in [0.15, 0.2) is 11.5 Å². The van der Waals surface area contributed by atoms with E-state index in [-0.39, 0.29) is 13.4 Å². The van der Waals surface area contributed by atoms with Gasteiger partial charge in [-0.25, -0.2) is 0 Å². The van der Waals surface area contributed by atoms with Crippen molar-refractivity contribution < 1.29 is 14.6 Å². The van der Waals surface area contributed by atoms with Gasteiger partial charge in [0.2, 0.25) is 6.79 Å². The van der Waals surface area contributed by atoms with Crippen LogP contribution >= 0.6 is 0 Å². The number of ether oxygens (including phenoxy) is 2. The molecule has 0 aromatic heterocycles. The highest BCUT2D eigenvalue weighted by Gasteiger charge is 2.22. The number of aliphatic hydroxyl groups is 1. The zero-order valence-corrected chi connectivity index (χ0v) is 7.99. The number of nitrogens with two attached hydrogens (primary N) is 1. The highest BCUT2D eigenvalue weighted by atomic mass is 16.7. The third-order valence-electron chi connectivity index (χ3n) is 2.36. The van der Waals surface area contributed by atoms with Gasteiger partial charge >= 0.3 is 0 Å². The number of aryl methyl sites for hydroxylation is 1. The third-order valence-corrected chi connectivity index (χ3v) is 2.36. The molecule has 0 aliphatic carbocycles. The third kappa shape index (κ3) is 1.32. The summed E-state index contributed by atoms with van der Waals surface area (Å²) < 4.78 is 10.5. The summed E-state index contributed by atoms with van der Waals surface area (Å²) in [7, 11) is 0. The molecule has 3 N–H and O–H groups in total. The van der Waals surface area contributed by atoms with Crippen molar-refractivity contribution in [1.29, 1.82) is 0 Å². The monoisotopic (exact) mass is 195 g/mol. The van der Waals surface area contributed by atoms with E-state index in [1.54, 1.807) is 0 Å². The molecule has 1 aliphatic heterocycles. The number of hydrogen-bond donors (Lipinski definition) is 2. The Labute approximate surface area is 82.2 Å². The van der Waals surface area contributed by atoms with E-state index in [0.717, 1.165) is 11.1 Å². The van der Waals surface area contributed by atoms with E-state index >= 15 is 0 Å². The van der Waals surface area contributed by atoms with E-state index in [9.17, 15) is 0 Å². The molecule has 0 fully saturated rings. The lowest BCUT2D eigenvalue weighted by Gasteiger charge is -2.14. The predicted octanol–water partition coefficient (Wildman–Crippen LogP) is 0.716. The molecule has 0 saturated heterocycles. The zero-order valence-electron chi connectivity index (χ0n) is 7.99. The molecule has 0 spiro atoms. The lowest BCUT2D eigenvalue weighted by atomic mass is 10.0. The number of rotatable bonds is 2. The van der Waals surface area contributed by atoms with Crippen molar-refractivity contribution in [2.24, 2.45) is 5.73 Å². The molecule has 14 heavy (non-hydrogen) atoms. The molecule has 1 aliphatic rings. The van der Waals surface area contributed by atoms with Gasteiger partial charge in [0, 0.05) is 5.56 Å². The normalized spacial score (nSPS) is 15.6. The lowest BCUT2D eigenvalue weighted by Crippen LogP contribution is -2.16. The van der Waals surface area contributed by atoms with Gasteiger partial charge in [-0.05, 0) is 18.6 Å². The predicted molar refractivity (Wildman–Crippen MR) is 51.3 cm³/mol. The molecule has 4 nitrogen and oxygen atoms in total. The summed E-state index contributed by atoms with van der Waals surface area (Å²) in [5.41, 5.74) is 7.63. The molecule has 0 bridgehead atoms. The van der Waals surface area contributed by atoms with Crippen molar-refractivity contribution >= 4 is 0 Å². The van der Waals surface area contributed by atoms with Crippen LogP contribution in [0.3, 0.4) is 0 Å². The molecule has 0 radical (unpaired) electrons. The van der Waals surface area contributed by atoms with Crippen LogP contribution in [0.15, 0.2) is 12.1 Å². The van der Waals surface area contributed by atoms with Crippen molar-refractivity contribution in [3.63, 3.8) is 0 Å². The van der Waals surface area contributed by atoms with Crippen LogP contribution in [-0.4, -0.2) is 18.5 Å². The Bertz CT molecular complexity index is 351. The lowest BCUT2D eigenvalue weighted by molar-refractivity contribution is 0.172. The van der Waals surface area contributed by atoms with E-state index in [0.29, 0.717) is 11.5 Å². The minimum atomic E-state index is -0.411. The average molecular weight is 195 g/mol. The first-order valence-corrected chi connectivity index (χ1v) is 4.49. The molecular formula is C10H13NO3. The summed E-state index contributed by atoms with van der Waals surface area (Å²) in [6.07, 6.45) is 0.